The molecule has 2 amide bonds. The van der Waals surface area contributed by atoms with Crippen LogP contribution in [0.15, 0.2) is 23.0 Å². The van der Waals surface area contributed by atoms with Crippen molar-refractivity contribution in [2.45, 2.75) is 45.1 Å². The van der Waals surface area contributed by atoms with Crippen LogP contribution in [0.5, 0.6) is 0 Å². The number of furan rings is 1. The summed E-state index contributed by atoms with van der Waals surface area (Å²) in [7, 11) is 0. The van der Waals surface area contributed by atoms with Crippen LogP contribution in [0.4, 0.5) is 0 Å². The summed E-state index contributed by atoms with van der Waals surface area (Å²) >= 11 is 0. The molecule has 2 aliphatic rings. The second kappa shape index (κ2) is 8.03. The standard InChI is InChI=1S/C19H26N2O5/c1-19(5-2-3-6-19)8-15(21-17(23)13-4-7-25-10-13)18(24)20-9-14-11-26-12-16(14)22/h4,7,10,14-15H,2-3,5-6,8-9,11-12H2,1H3,(H,20,24)(H,21,23)/t14?,15-/m0/s1. The molecule has 1 saturated carbocycles. The van der Waals surface area contributed by atoms with Gasteiger partial charge in [-0.1, -0.05) is 19.8 Å². The Morgan fingerprint density at radius 1 is 1.35 bits per heavy atom. The fraction of sp³-hybridized carbons (Fsp3) is 0.632. The molecule has 7 heteroatoms. The quantitative estimate of drug-likeness (QED) is 0.769. The Hall–Kier alpha value is -2.15. The molecule has 0 bridgehead atoms. The molecule has 2 atom stereocenters. The van der Waals surface area contributed by atoms with Gasteiger partial charge >= 0.3 is 0 Å². The molecule has 2 fully saturated rings. The van der Waals surface area contributed by atoms with Gasteiger partial charge in [0.05, 0.1) is 24.4 Å². The average Bonchev–Trinajstić information content (AvgIpc) is 3.35. The molecule has 1 saturated heterocycles. The molecule has 1 aromatic heterocycles. The number of Topliss-reactive ketones (excluding diaryl/α,β-unsaturated/α-hetero) is 1. The lowest BCUT2D eigenvalue weighted by Gasteiger charge is -2.29. The van der Waals surface area contributed by atoms with Crippen LogP contribution in [-0.2, 0) is 14.3 Å². The Balaban J connectivity index is 1.63. The number of rotatable bonds is 7. The number of nitrogens with one attached hydrogen (secondary N) is 2. The molecule has 0 spiro atoms. The largest absolute Gasteiger partial charge is 0.472 e. The van der Waals surface area contributed by atoms with Crippen molar-refractivity contribution in [2.24, 2.45) is 11.3 Å². The SMILES string of the molecule is CC1(C[C@H](NC(=O)c2ccoc2)C(=O)NCC2COCC2=O)CCCC1. The molecule has 2 heterocycles. The predicted molar refractivity (Wildman–Crippen MR) is 93.5 cm³/mol. The van der Waals surface area contributed by atoms with Gasteiger partial charge in [0.15, 0.2) is 5.78 Å². The van der Waals surface area contributed by atoms with E-state index in [0.717, 1.165) is 25.7 Å². The maximum absolute atomic E-state index is 12.7. The van der Waals surface area contributed by atoms with Crippen molar-refractivity contribution in [2.75, 3.05) is 19.8 Å². The molecule has 1 aliphatic carbocycles. The minimum atomic E-state index is -0.641. The van der Waals surface area contributed by atoms with Crippen LogP contribution >= 0.6 is 0 Å². The summed E-state index contributed by atoms with van der Waals surface area (Å²) in [5.41, 5.74) is 0.427. The minimum Gasteiger partial charge on any atom is -0.472 e. The number of ketones is 1. The van der Waals surface area contributed by atoms with Crippen LogP contribution in [-0.4, -0.2) is 43.4 Å². The van der Waals surface area contributed by atoms with Crippen LogP contribution < -0.4 is 10.6 Å². The smallest absolute Gasteiger partial charge is 0.255 e. The van der Waals surface area contributed by atoms with Gasteiger partial charge in [0.1, 0.15) is 18.9 Å². The molecule has 0 radical (unpaired) electrons. The molecule has 1 aliphatic heterocycles. The number of ether oxygens (including phenoxy) is 1. The molecular formula is C19H26N2O5. The van der Waals surface area contributed by atoms with E-state index >= 15 is 0 Å². The van der Waals surface area contributed by atoms with E-state index < -0.39 is 6.04 Å². The van der Waals surface area contributed by atoms with E-state index in [0.29, 0.717) is 18.6 Å². The first-order valence-electron chi connectivity index (χ1n) is 9.18. The van der Waals surface area contributed by atoms with E-state index in [1.807, 2.05) is 0 Å². The lowest BCUT2D eigenvalue weighted by molar-refractivity contribution is -0.124. The van der Waals surface area contributed by atoms with Crippen molar-refractivity contribution in [1.82, 2.24) is 10.6 Å². The van der Waals surface area contributed by atoms with Gasteiger partial charge in [0.25, 0.3) is 5.91 Å². The van der Waals surface area contributed by atoms with Crippen molar-refractivity contribution in [1.29, 1.82) is 0 Å². The first kappa shape index (κ1) is 18.6. The van der Waals surface area contributed by atoms with Crippen molar-refractivity contribution >= 4 is 17.6 Å². The van der Waals surface area contributed by atoms with E-state index in [1.165, 1.54) is 12.5 Å². The molecular weight excluding hydrogens is 336 g/mol. The second-order valence-corrected chi connectivity index (χ2v) is 7.68. The van der Waals surface area contributed by atoms with Crippen LogP contribution in [0, 0.1) is 11.3 Å². The minimum absolute atomic E-state index is 0.00652. The number of amides is 2. The van der Waals surface area contributed by atoms with E-state index in [2.05, 4.69) is 17.6 Å². The maximum atomic E-state index is 12.7. The number of carbonyl (C=O) groups is 3. The topological polar surface area (TPSA) is 97.6 Å². The van der Waals surface area contributed by atoms with Crippen LogP contribution in [0.1, 0.15) is 49.4 Å². The lowest BCUT2D eigenvalue weighted by Crippen LogP contribution is -2.50. The van der Waals surface area contributed by atoms with Gasteiger partial charge in [0, 0.05) is 6.54 Å². The lowest BCUT2D eigenvalue weighted by atomic mass is 9.81. The number of carbonyl (C=O) groups excluding carboxylic acids is 3. The molecule has 0 aromatic carbocycles. The second-order valence-electron chi connectivity index (χ2n) is 7.68. The number of hydrogen-bond acceptors (Lipinski definition) is 5. The van der Waals surface area contributed by atoms with E-state index in [9.17, 15) is 14.4 Å². The zero-order valence-corrected chi connectivity index (χ0v) is 15.1. The van der Waals surface area contributed by atoms with Gasteiger partial charge in [-0.15, -0.1) is 0 Å². The average molecular weight is 362 g/mol. The fourth-order valence-corrected chi connectivity index (χ4v) is 3.80. The Morgan fingerprint density at radius 2 is 2.12 bits per heavy atom. The van der Waals surface area contributed by atoms with Crippen molar-refractivity contribution in [3.05, 3.63) is 24.2 Å². The Labute approximate surface area is 152 Å². The Morgan fingerprint density at radius 3 is 2.73 bits per heavy atom. The van der Waals surface area contributed by atoms with E-state index in [4.69, 9.17) is 9.15 Å². The predicted octanol–water partition coefficient (Wildman–Crippen LogP) is 1.68. The highest BCUT2D eigenvalue weighted by atomic mass is 16.5. The Kier molecular flexibility index (Phi) is 5.76. The monoisotopic (exact) mass is 362 g/mol. The maximum Gasteiger partial charge on any atom is 0.255 e. The van der Waals surface area contributed by atoms with Crippen LogP contribution in [0.2, 0.25) is 0 Å². The highest BCUT2D eigenvalue weighted by molar-refractivity contribution is 5.97. The molecule has 26 heavy (non-hydrogen) atoms. The third-order valence-electron chi connectivity index (χ3n) is 5.45. The summed E-state index contributed by atoms with van der Waals surface area (Å²) in [6, 6.07) is 0.925. The van der Waals surface area contributed by atoms with Crippen molar-refractivity contribution in [3.63, 3.8) is 0 Å². The highest BCUT2D eigenvalue weighted by Crippen LogP contribution is 2.41. The first-order chi connectivity index (χ1) is 12.5. The van der Waals surface area contributed by atoms with Gasteiger partial charge in [0.2, 0.25) is 5.91 Å². The molecule has 2 N–H and O–H groups in total. The van der Waals surface area contributed by atoms with Crippen molar-refractivity contribution < 1.29 is 23.5 Å². The molecule has 1 unspecified atom stereocenters. The van der Waals surface area contributed by atoms with E-state index in [1.54, 1.807) is 6.07 Å². The summed E-state index contributed by atoms with van der Waals surface area (Å²) in [4.78, 5) is 36.8. The van der Waals surface area contributed by atoms with Gasteiger partial charge in [-0.2, -0.15) is 0 Å². The Bertz CT molecular complexity index is 649. The third-order valence-corrected chi connectivity index (χ3v) is 5.45. The zero-order valence-electron chi connectivity index (χ0n) is 15.1. The molecule has 1 aromatic rings. The number of hydrogen-bond donors (Lipinski definition) is 2. The van der Waals surface area contributed by atoms with Crippen LogP contribution in [0.25, 0.3) is 0 Å². The summed E-state index contributed by atoms with van der Waals surface area (Å²) in [5.74, 6) is -0.881. The summed E-state index contributed by atoms with van der Waals surface area (Å²) in [6.45, 7) is 2.85. The normalized spacial score (nSPS) is 23.0. The van der Waals surface area contributed by atoms with E-state index in [-0.39, 0.29) is 42.1 Å². The van der Waals surface area contributed by atoms with Crippen LogP contribution in [0.3, 0.4) is 0 Å². The summed E-state index contributed by atoms with van der Waals surface area (Å²) in [5, 5.41) is 5.65. The fourth-order valence-electron chi connectivity index (χ4n) is 3.80. The van der Waals surface area contributed by atoms with Gasteiger partial charge in [-0.05, 0) is 30.7 Å². The molecule has 7 nitrogen and oxygen atoms in total. The molecule has 142 valence electrons. The summed E-state index contributed by atoms with van der Waals surface area (Å²) in [6.07, 6.45) is 7.76. The first-order valence-corrected chi connectivity index (χ1v) is 9.18. The van der Waals surface area contributed by atoms with Gasteiger partial charge in [-0.25, -0.2) is 0 Å². The zero-order chi connectivity index (χ0) is 18.6. The summed E-state index contributed by atoms with van der Waals surface area (Å²) < 4.78 is 10.1. The van der Waals surface area contributed by atoms with Gasteiger partial charge < -0.3 is 19.8 Å². The third kappa shape index (κ3) is 4.52. The molecule has 3 rings (SSSR count). The highest BCUT2D eigenvalue weighted by Gasteiger charge is 2.35. The van der Waals surface area contributed by atoms with Gasteiger partial charge in [-0.3, -0.25) is 14.4 Å². The van der Waals surface area contributed by atoms with Crippen molar-refractivity contribution in [3.8, 4) is 0 Å².